The van der Waals surface area contributed by atoms with Gasteiger partial charge in [-0.15, -0.1) is 12.4 Å². The highest BCUT2D eigenvalue weighted by molar-refractivity contribution is 5.99. The Morgan fingerprint density at radius 3 is 2.41 bits per heavy atom. The minimum Gasteiger partial charge on any atom is -0.497 e. The molecule has 184 valence electrons. The van der Waals surface area contributed by atoms with E-state index in [1.807, 2.05) is 36.4 Å². The third-order valence-corrected chi connectivity index (χ3v) is 6.18. The number of hydrogen-bond acceptors (Lipinski definition) is 6. The largest absolute Gasteiger partial charge is 0.497 e. The van der Waals surface area contributed by atoms with E-state index in [-0.39, 0.29) is 18.3 Å². The number of anilines is 1. The maximum Gasteiger partial charge on any atom is 0.250 e. The maximum absolute atomic E-state index is 12.4. The average Bonchev–Trinajstić information content (AvgIpc) is 2.88. The summed E-state index contributed by atoms with van der Waals surface area (Å²) < 4.78 is 16.5. The molecule has 8 heteroatoms. The summed E-state index contributed by atoms with van der Waals surface area (Å²) >= 11 is 0. The smallest absolute Gasteiger partial charge is 0.250 e. The summed E-state index contributed by atoms with van der Waals surface area (Å²) in [6.45, 7) is 6.05. The molecule has 2 aromatic carbocycles. The van der Waals surface area contributed by atoms with E-state index in [1.54, 1.807) is 14.2 Å². The van der Waals surface area contributed by atoms with Crippen molar-refractivity contribution in [3.8, 4) is 17.2 Å². The number of unbranched alkanes of at least 4 members (excludes halogenated alkanes) is 1. The van der Waals surface area contributed by atoms with Crippen LogP contribution < -0.4 is 24.4 Å². The van der Waals surface area contributed by atoms with Crippen molar-refractivity contribution in [1.82, 2.24) is 10.2 Å². The molecule has 0 aromatic heterocycles. The van der Waals surface area contributed by atoms with Crippen LogP contribution in [0.2, 0.25) is 0 Å². The van der Waals surface area contributed by atoms with Gasteiger partial charge in [-0.05, 0) is 31.5 Å². The van der Waals surface area contributed by atoms with Gasteiger partial charge >= 0.3 is 0 Å². The molecule has 34 heavy (non-hydrogen) atoms. The molecule has 7 nitrogen and oxygen atoms in total. The first-order chi connectivity index (χ1) is 16.2. The number of nitrogens with one attached hydrogen (secondary N) is 1. The summed E-state index contributed by atoms with van der Waals surface area (Å²) in [5, 5.41) is 3.03. The lowest BCUT2D eigenvalue weighted by molar-refractivity contribution is -0.117. The van der Waals surface area contributed by atoms with E-state index in [2.05, 4.69) is 27.2 Å². The fraction of sp³-hybridized carbons (Fsp3) is 0.423. The zero-order valence-electron chi connectivity index (χ0n) is 19.9. The predicted octanol–water partition coefficient (Wildman–Crippen LogP) is 3.62. The maximum atomic E-state index is 12.4. The van der Waals surface area contributed by atoms with Crippen LogP contribution >= 0.6 is 12.4 Å². The van der Waals surface area contributed by atoms with E-state index in [1.165, 1.54) is 0 Å². The van der Waals surface area contributed by atoms with Crippen molar-refractivity contribution >= 4 is 30.1 Å². The first-order valence-corrected chi connectivity index (χ1v) is 11.6. The van der Waals surface area contributed by atoms with Crippen LogP contribution in [0, 0.1) is 0 Å². The Morgan fingerprint density at radius 1 is 1.00 bits per heavy atom. The lowest BCUT2D eigenvalue weighted by Crippen LogP contribution is -2.46. The van der Waals surface area contributed by atoms with E-state index in [0.717, 1.165) is 74.1 Å². The van der Waals surface area contributed by atoms with Crippen LogP contribution in [-0.4, -0.2) is 70.9 Å². The molecule has 2 heterocycles. The Balaban J connectivity index is 0.00000324. The molecule has 0 spiro atoms. The van der Waals surface area contributed by atoms with E-state index >= 15 is 0 Å². The molecule has 1 saturated heterocycles. The van der Waals surface area contributed by atoms with Gasteiger partial charge in [0.15, 0.2) is 0 Å². The number of carbonyl (C=O) groups excluding carboxylic acids is 1. The Morgan fingerprint density at radius 2 is 1.71 bits per heavy atom. The molecule has 2 aliphatic rings. The second kappa shape index (κ2) is 12.5. The van der Waals surface area contributed by atoms with Gasteiger partial charge in [0, 0.05) is 62.2 Å². The Kier molecular flexibility index (Phi) is 9.48. The Labute approximate surface area is 208 Å². The quantitative estimate of drug-likeness (QED) is 0.545. The molecule has 1 N–H and O–H groups in total. The molecular weight excluding hydrogens is 454 g/mol. The Bertz CT molecular complexity index is 968. The molecule has 0 radical (unpaired) electrons. The number of halogens is 1. The second-order valence-electron chi connectivity index (χ2n) is 8.36. The monoisotopic (exact) mass is 487 g/mol. The SMILES string of the molecule is COc1cc(OC)cc(N2CCN(CCCCNC(=O)C3=Cc4ccccc4OC3)CC2)c1.Cl. The van der Waals surface area contributed by atoms with Crippen molar-refractivity contribution in [3.05, 3.63) is 53.6 Å². The summed E-state index contributed by atoms with van der Waals surface area (Å²) in [5.74, 6) is 2.42. The molecule has 1 amide bonds. The van der Waals surface area contributed by atoms with Crippen LogP contribution in [0.1, 0.15) is 18.4 Å². The summed E-state index contributed by atoms with van der Waals surface area (Å²) in [5.41, 5.74) is 2.77. The number of hydrogen-bond donors (Lipinski definition) is 1. The first kappa shape index (κ1) is 25.7. The molecule has 2 aromatic rings. The number of fused-ring (bicyclic) bond motifs is 1. The van der Waals surface area contributed by atoms with E-state index in [9.17, 15) is 4.79 Å². The van der Waals surface area contributed by atoms with E-state index in [0.29, 0.717) is 18.7 Å². The number of carbonyl (C=O) groups is 1. The van der Waals surface area contributed by atoms with Crippen LogP contribution in [0.25, 0.3) is 6.08 Å². The molecule has 0 atom stereocenters. The number of methoxy groups -OCH3 is 2. The number of ether oxygens (including phenoxy) is 3. The third kappa shape index (κ3) is 6.58. The van der Waals surface area contributed by atoms with Crippen LogP contribution in [0.15, 0.2) is 48.0 Å². The van der Waals surface area contributed by atoms with Crippen molar-refractivity contribution in [3.63, 3.8) is 0 Å². The van der Waals surface area contributed by atoms with Crippen molar-refractivity contribution < 1.29 is 19.0 Å². The fourth-order valence-electron chi connectivity index (χ4n) is 4.23. The van der Waals surface area contributed by atoms with Gasteiger partial charge in [0.25, 0.3) is 5.91 Å². The molecule has 0 unspecified atom stereocenters. The lowest BCUT2D eigenvalue weighted by Gasteiger charge is -2.36. The van der Waals surface area contributed by atoms with Gasteiger partial charge in [-0.2, -0.15) is 0 Å². The van der Waals surface area contributed by atoms with Crippen molar-refractivity contribution in [2.24, 2.45) is 0 Å². The van der Waals surface area contributed by atoms with Crippen LogP contribution in [0.4, 0.5) is 5.69 Å². The van der Waals surface area contributed by atoms with Crippen LogP contribution in [0.3, 0.4) is 0 Å². The molecule has 0 aliphatic carbocycles. The first-order valence-electron chi connectivity index (χ1n) is 11.6. The average molecular weight is 488 g/mol. The lowest BCUT2D eigenvalue weighted by atomic mass is 10.1. The number of nitrogens with zero attached hydrogens (tertiary/aromatic N) is 2. The predicted molar refractivity (Wildman–Crippen MR) is 138 cm³/mol. The highest BCUT2D eigenvalue weighted by atomic mass is 35.5. The summed E-state index contributed by atoms with van der Waals surface area (Å²) in [6.07, 6.45) is 3.95. The Hall–Kier alpha value is -2.90. The summed E-state index contributed by atoms with van der Waals surface area (Å²) in [4.78, 5) is 17.3. The standard InChI is InChI=1S/C26H33N3O4.ClH/c1-31-23-16-22(17-24(18-23)32-2)29-13-11-28(12-14-29)10-6-5-9-27-26(30)21-15-20-7-3-4-8-25(20)33-19-21;/h3-4,7-8,15-18H,5-6,9-14,19H2,1-2H3,(H,27,30);1H. The number of piperazine rings is 1. The van der Waals surface area contributed by atoms with Gasteiger partial charge in [0.2, 0.25) is 0 Å². The molecule has 1 fully saturated rings. The molecule has 0 bridgehead atoms. The van der Waals surface area contributed by atoms with E-state index < -0.39 is 0 Å². The van der Waals surface area contributed by atoms with Gasteiger partial charge in [0.05, 0.1) is 19.8 Å². The van der Waals surface area contributed by atoms with E-state index in [4.69, 9.17) is 14.2 Å². The summed E-state index contributed by atoms with van der Waals surface area (Å²) in [7, 11) is 3.36. The highest BCUT2D eigenvalue weighted by Crippen LogP contribution is 2.29. The highest BCUT2D eigenvalue weighted by Gasteiger charge is 2.19. The van der Waals surface area contributed by atoms with Gasteiger partial charge < -0.3 is 24.4 Å². The van der Waals surface area contributed by atoms with Crippen LogP contribution in [0.5, 0.6) is 17.2 Å². The molecule has 2 aliphatic heterocycles. The third-order valence-electron chi connectivity index (χ3n) is 6.18. The normalized spacial score (nSPS) is 15.4. The van der Waals surface area contributed by atoms with Gasteiger partial charge in [-0.25, -0.2) is 0 Å². The van der Waals surface area contributed by atoms with Crippen molar-refractivity contribution in [2.75, 3.05) is 65.0 Å². The number of rotatable bonds is 9. The zero-order valence-corrected chi connectivity index (χ0v) is 20.7. The minimum atomic E-state index is -0.0353. The molecule has 4 rings (SSSR count). The fourth-order valence-corrected chi connectivity index (χ4v) is 4.23. The number of benzene rings is 2. The van der Waals surface area contributed by atoms with Gasteiger partial charge in [0.1, 0.15) is 23.9 Å². The van der Waals surface area contributed by atoms with Crippen molar-refractivity contribution in [2.45, 2.75) is 12.8 Å². The van der Waals surface area contributed by atoms with Crippen molar-refractivity contribution in [1.29, 1.82) is 0 Å². The summed E-state index contributed by atoms with van der Waals surface area (Å²) in [6, 6.07) is 13.8. The zero-order chi connectivity index (χ0) is 23.0. The van der Waals surface area contributed by atoms with Gasteiger partial charge in [-0.3, -0.25) is 9.69 Å². The van der Waals surface area contributed by atoms with Crippen LogP contribution in [-0.2, 0) is 4.79 Å². The topological polar surface area (TPSA) is 63.3 Å². The minimum absolute atomic E-state index is 0. The number of para-hydroxylation sites is 1. The molecular formula is C26H34ClN3O4. The number of amides is 1. The van der Waals surface area contributed by atoms with Gasteiger partial charge in [-0.1, -0.05) is 18.2 Å². The molecule has 0 saturated carbocycles. The second-order valence-corrected chi connectivity index (χ2v) is 8.36.